The topological polar surface area (TPSA) is 131 Å². The number of carbonyl (C=O) groups excluding carboxylic acids is 1. The smallest absolute Gasteiger partial charge is 0.269 e. The van der Waals surface area contributed by atoms with Crippen LogP contribution in [0.25, 0.3) is 11.7 Å². The third-order valence-corrected chi connectivity index (χ3v) is 7.58. The minimum absolute atomic E-state index is 0.0202. The van der Waals surface area contributed by atoms with Gasteiger partial charge in [0.2, 0.25) is 5.88 Å². The highest BCUT2D eigenvalue weighted by Crippen LogP contribution is 2.25. The first-order chi connectivity index (χ1) is 16.7. The van der Waals surface area contributed by atoms with Gasteiger partial charge in [0.15, 0.2) is 9.84 Å². The number of nitrogens with one attached hydrogen (secondary N) is 1. The summed E-state index contributed by atoms with van der Waals surface area (Å²) in [5.74, 6) is -0.563. The van der Waals surface area contributed by atoms with Crippen LogP contribution in [0.1, 0.15) is 30.0 Å². The van der Waals surface area contributed by atoms with E-state index < -0.39 is 27.3 Å². The van der Waals surface area contributed by atoms with Crippen molar-refractivity contribution in [3.63, 3.8) is 0 Å². The Bertz CT molecular complexity index is 1530. The highest BCUT2D eigenvalue weighted by Gasteiger charge is 2.30. The molecule has 1 amide bonds. The van der Waals surface area contributed by atoms with Gasteiger partial charge in [-0.2, -0.15) is 10.2 Å². The van der Waals surface area contributed by atoms with E-state index in [4.69, 9.17) is 4.74 Å². The second-order valence-electron chi connectivity index (χ2n) is 8.36. The number of nitriles is 1. The van der Waals surface area contributed by atoms with Gasteiger partial charge in [0, 0.05) is 12.2 Å². The predicted octanol–water partition coefficient (Wildman–Crippen LogP) is 2.57. The van der Waals surface area contributed by atoms with Gasteiger partial charge < -0.3 is 10.1 Å². The van der Waals surface area contributed by atoms with Crippen molar-refractivity contribution in [2.75, 3.05) is 11.5 Å². The van der Waals surface area contributed by atoms with Crippen LogP contribution in [0.3, 0.4) is 0 Å². The van der Waals surface area contributed by atoms with Crippen LogP contribution in [0.2, 0.25) is 0 Å². The summed E-state index contributed by atoms with van der Waals surface area (Å²) in [6.45, 7) is 3.84. The van der Waals surface area contributed by atoms with E-state index >= 15 is 0 Å². The summed E-state index contributed by atoms with van der Waals surface area (Å²) < 4.78 is 30.7. The molecule has 3 heterocycles. The Balaban J connectivity index is 1.77. The van der Waals surface area contributed by atoms with Gasteiger partial charge in [-0.05, 0) is 55.2 Å². The maximum absolute atomic E-state index is 13.4. The monoisotopic (exact) mass is 492 g/mol. The van der Waals surface area contributed by atoms with Crippen molar-refractivity contribution in [2.45, 2.75) is 32.7 Å². The third-order valence-electron chi connectivity index (χ3n) is 5.82. The zero-order valence-electron chi connectivity index (χ0n) is 19.3. The number of aromatic nitrogens is 2. The fraction of sp³-hybridized carbons (Fsp3) is 0.280. The van der Waals surface area contributed by atoms with E-state index in [9.17, 15) is 23.3 Å². The van der Waals surface area contributed by atoms with Crippen LogP contribution in [0.4, 0.5) is 0 Å². The van der Waals surface area contributed by atoms with Crippen LogP contribution in [0, 0.1) is 18.3 Å². The van der Waals surface area contributed by atoms with Gasteiger partial charge in [-0.3, -0.25) is 14.0 Å². The Kier molecular flexibility index (Phi) is 6.71. The SMILES string of the molecule is CCc1ccc(Oc2nc3c(C)cccn3c(=O)c2/C=C(\C#N)C(=O)NC2CCS(=O)(=O)C2)cc1. The molecule has 0 bridgehead atoms. The van der Waals surface area contributed by atoms with Crippen LogP contribution in [-0.2, 0) is 21.1 Å². The minimum Gasteiger partial charge on any atom is -0.438 e. The Labute approximate surface area is 202 Å². The Hall–Kier alpha value is -3.97. The standard InChI is InChI=1S/C25H24N4O5S/c1-3-17-6-8-20(9-7-17)34-24-21(25(31)29-11-4-5-16(2)22(29)28-24)13-18(14-26)23(30)27-19-10-12-35(32,33)15-19/h4-9,11,13,19H,3,10,12,15H2,1-2H3,(H,27,30)/b18-13+. The molecule has 0 spiro atoms. The lowest BCUT2D eigenvalue weighted by atomic mass is 10.1. The lowest BCUT2D eigenvalue weighted by Crippen LogP contribution is -2.36. The molecule has 9 nitrogen and oxygen atoms in total. The first-order valence-electron chi connectivity index (χ1n) is 11.1. The molecule has 0 aliphatic carbocycles. The molecule has 35 heavy (non-hydrogen) atoms. The first kappa shape index (κ1) is 24.2. The molecular weight excluding hydrogens is 468 g/mol. The summed E-state index contributed by atoms with van der Waals surface area (Å²) in [5, 5.41) is 12.2. The number of aryl methyl sites for hydroxylation is 2. The second kappa shape index (κ2) is 9.72. The van der Waals surface area contributed by atoms with Gasteiger partial charge in [-0.1, -0.05) is 25.1 Å². The van der Waals surface area contributed by atoms with Crippen LogP contribution in [0.15, 0.2) is 53.0 Å². The Morgan fingerprint density at radius 1 is 1.31 bits per heavy atom. The number of hydrogen-bond donors (Lipinski definition) is 1. The van der Waals surface area contributed by atoms with Gasteiger partial charge in [-0.25, -0.2) is 8.42 Å². The van der Waals surface area contributed by atoms with E-state index in [2.05, 4.69) is 10.3 Å². The van der Waals surface area contributed by atoms with Crippen molar-refractivity contribution in [1.29, 1.82) is 5.26 Å². The highest BCUT2D eigenvalue weighted by molar-refractivity contribution is 7.91. The third kappa shape index (κ3) is 5.25. The normalized spacial score (nSPS) is 17.2. The molecule has 0 radical (unpaired) electrons. The van der Waals surface area contributed by atoms with Crippen LogP contribution >= 0.6 is 0 Å². The van der Waals surface area contributed by atoms with Gasteiger partial charge in [0.1, 0.15) is 28.6 Å². The molecule has 3 aromatic rings. The number of sulfone groups is 1. The number of rotatable bonds is 6. The summed E-state index contributed by atoms with van der Waals surface area (Å²) in [6, 6.07) is 12.0. The number of carbonyl (C=O) groups is 1. The second-order valence-corrected chi connectivity index (χ2v) is 10.6. The lowest BCUT2D eigenvalue weighted by molar-refractivity contribution is -0.117. The van der Waals surface area contributed by atoms with Gasteiger partial charge in [-0.15, -0.1) is 0 Å². The molecule has 2 aromatic heterocycles. The molecule has 0 saturated carbocycles. The average Bonchev–Trinajstić information content (AvgIpc) is 3.18. The summed E-state index contributed by atoms with van der Waals surface area (Å²) >= 11 is 0. The minimum atomic E-state index is -3.21. The van der Waals surface area contributed by atoms with Crippen molar-refractivity contribution in [2.24, 2.45) is 0 Å². The van der Waals surface area contributed by atoms with E-state index in [1.54, 1.807) is 43.5 Å². The molecule has 1 unspecified atom stereocenters. The molecule has 1 aliphatic rings. The number of amides is 1. The largest absolute Gasteiger partial charge is 0.438 e. The van der Waals surface area contributed by atoms with Crippen molar-refractivity contribution >= 4 is 27.5 Å². The molecule has 180 valence electrons. The summed E-state index contributed by atoms with van der Waals surface area (Å²) in [5.41, 5.74) is 1.30. The van der Waals surface area contributed by atoms with Gasteiger partial charge >= 0.3 is 0 Å². The Morgan fingerprint density at radius 3 is 2.69 bits per heavy atom. The number of benzene rings is 1. The zero-order valence-corrected chi connectivity index (χ0v) is 20.1. The lowest BCUT2D eigenvalue weighted by Gasteiger charge is -2.13. The maximum atomic E-state index is 13.4. The number of nitrogens with zero attached hydrogens (tertiary/aromatic N) is 3. The fourth-order valence-corrected chi connectivity index (χ4v) is 5.54. The number of hydrogen-bond acceptors (Lipinski definition) is 7. The number of ether oxygens (including phenoxy) is 1. The van der Waals surface area contributed by atoms with Crippen molar-refractivity contribution in [1.82, 2.24) is 14.7 Å². The zero-order chi connectivity index (χ0) is 25.2. The van der Waals surface area contributed by atoms with Gasteiger partial charge in [0.05, 0.1) is 11.5 Å². The quantitative estimate of drug-likeness (QED) is 0.413. The average molecular weight is 493 g/mol. The fourth-order valence-electron chi connectivity index (χ4n) is 3.86. The van der Waals surface area contributed by atoms with E-state index in [0.717, 1.165) is 23.6 Å². The highest BCUT2D eigenvalue weighted by atomic mass is 32.2. The molecule has 1 aromatic carbocycles. The predicted molar refractivity (Wildman–Crippen MR) is 131 cm³/mol. The maximum Gasteiger partial charge on any atom is 0.269 e. The number of fused-ring (bicyclic) bond motifs is 1. The molecule has 4 rings (SSSR count). The Morgan fingerprint density at radius 2 is 2.06 bits per heavy atom. The van der Waals surface area contributed by atoms with Crippen LogP contribution in [-0.4, -0.2) is 41.3 Å². The van der Waals surface area contributed by atoms with Crippen LogP contribution in [0.5, 0.6) is 11.6 Å². The van der Waals surface area contributed by atoms with Crippen LogP contribution < -0.4 is 15.6 Å². The van der Waals surface area contributed by atoms with Crippen molar-refractivity contribution < 1.29 is 17.9 Å². The number of pyridine rings is 1. The molecule has 1 aliphatic heterocycles. The summed E-state index contributed by atoms with van der Waals surface area (Å²) in [6.07, 6.45) is 3.81. The van der Waals surface area contributed by atoms with E-state index in [0.29, 0.717) is 11.4 Å². The van der Waals surface area contributed by atoms with E-state index in [1.807, 2.05) is 19.1 Å². The van der Waals surface area contributed by atoms with Crippen molar-refractivity contribution in [3.8, 4) is 17.7 Å². The van der Waals surface area contributed by atoms with E-state index in [-0.39, 0.29) is 34.9 Å². The van der Waals surface area contributed by atoms with Crippen molar-refractivity contribution in [3.05, 3.63) is 75.2 Å². The molecule has 1 fully saturated rings. The first-order valence-corrected chi connectivity index (χ1v) is 12.9. The summed E-state index contributed by atoms with van der Waals surface area (Å²) in [4.78, 5) is 30.6. The molecule has 1 atom stereocenters. The molecule has 10 heteroatoms. The summed E-state index contributed by atoms with van der Waals surface area (Å²) in [7, 11) is -3.21. The molecule has 1 saturated heterocycles. The van der Waals surface area contributed by atoms with Gasteiger partial charge in [0.25, 0.3) is 11.5 Å². The molecular formula is C25H24N4O5S. The molecule has 1 N–H and O–H groups in total. The van der Waals surface area contributed by atoms with E-state index in [1.165, 1.54) is 4.40 Å².